The van der Waals surface area contributed by atoms with Crippen LogP contribution in [0.1, 0.15) is 41.6 Å². The maximum absolute atomic E-state index is 12.9. The molecular formula is C24H25Cl2N3O3. The number of benzene rings is 2. The number of hydrogen-bond donors (Lipinski definition) is 1. The molecule has 8 heteroatoms. The van der Waals surface area contributed by atoms with Crippen molar-refractivity contribution in [1.29, 1.82) is 0 Å². The zero-order chi connectivity index (χ0) is 22.5. The molecule has 6 nitrogen and oxygen atoms in total. The van der Waals surface area contributed by atoms with Crippen LogP contribution in [-0.4, -0.2) is 47.8 Å². The van der Waals surface area contributed by atoms with E-state index in [2.05, 4.69) is 5.32 Å². The molecule has 2 fully saturated rings. The molecule has 1 saturated heterocycles. The lowest BCUT2D eigenvalue weighted by Crippen LogP contribution is -2.41. The van der Waals surface area contributed by atoms with Gasteiger partial charge in [0.25, 0.3) is 5.91 Å². The Kier molecular flexibility index (Phi) is 7.33. The van der Waals surface area contributed by atoms with Gasteiger partial charge in [-0.05, 0) is 43.0 Å². The van der Waals surface area contributed by atoms with Crippen molar-refractivity contribution in [2.24, 2.45) is 4.99 Å². The Labute approximate surface area is 197 Å². The summed E-state index contributed by atoms with van der Waals surface area (Å²) < 4.78 is 5.49. The first-order valence-corrected chi connectivity index (χ1v) is 11.5. The van der Waals surface area contributed by atoms with E-state index in [0.29, 0.717) is 47.6 Å². The summed E-state index contributed by atoms with van der Waals surface area (Å²) in [7, 11) is 0. The fourth-order valence-corrected chi connectivity index (χ4v) is 4.13. The average molecular weight is 474 g/mol. The smallest absolute Gasteiger partial charge is 0.410 e. The third kappa shape index (κ3) is 6.02. The molecule has 1 N–H and O–H groups in total. The summed E-state index contributed by atoms with van der Waals surface area (Å²) in [5, 5.41) is 3.84. The lowest BCUT2D eigenvalue weighted by atomic mass is 10.1. The molecule has 0 radical (unpaired) electrons. The van der Waals surface area contributed by atoms with Gasteiger partial charge < -0.3 is 15.0 Å². The minimum absolute atomic E-state index is 0.231. The minimum Gasteiger partial charge on any atom is -0.445 e. The van der Waals surface area contributed by atoms with Crippen LogP contribution in [0, 0.1) is 0 Å². The zero-order valence-corrected chi connectivity index (χ0v) is 19.1. The molecule has 1 heterocycles. The largest absolute Gasteiger partial charge is 0.445 e. The molecule has 1 aliphatic heterocycles. The molecule has 1 unspecified atom stereocenters. The summed E-state index contributed by atoms with van der Waals surface area (Å²) in [5.41, 5.74) is 2.23. The Morgan fingerprint density at radius 1 is 1.06 bits per heavy atom. The third-order valence-electron chi connectivity index (χ3n) is 5.57. The zero-order valence-electron chi connectivity index (χ0n) is 17.6. The van der Waals surface area contributed by atoms with Gasteiger partial charge in [0.2, 0.25) is 0 Å². The highest BCUT2D eigenvalue weighted by molar-refractivity contribution is 6.36. The van der Waals surface area contributed by atoms with E-state index in [9.17, 15) is 9.59 Å². The molecule has 32 heavy (non-hydrogen) atoms. The Balaban J connectivity index is 1.41. The second kappa shape index (κ2) is 10.4. The molecule has 1 aliphatic carbocycles. The van der Waals surface area contributed by atoms with Gasteiger partial charge in [-0.3, -0.25) is 9.79 Å². The van der Waals surface area contributed by atoms with Crippen molar-refractivity contribution in [1.82, 2.24) is 10.2 Å². The number of ether oxygens (including phenoxy) is 1. The van der Waals surface area contributed by atoms with E-state index in [1.165, 1.54) is 0 Å². The Morgan fingerprint density at radius 2 is 1.84 bits per heavy atom. The van der Waals surface area contributed by atoms with E-state index in [1.54, 1.807) is 23.1 Å². The van der Waals surface area contributed by atoms with Gasteiger partial charge in [0.05, 0.1) is 22.7 Å². The van der Waals surface area contributed by atoms with Crippen molar-refractivity contribution in [2.45, 2.75) is 44.4 Å². The highest BCUT2D eigenvalue weighted by Gasteiger charge is 2.30. The van der Waals surface area contributed by atoms with Gasteiger partial charge in [0.15, 0.2) is 0 Å². The van der Waals surface area contributed by atoms with Gasteiger partial charge in [-0.1, -0.05) is 53.5 Å². The number of carbonyl (C=O) groups is 2. The van der Waals surface area contributed by atoms with Crippen molar-refractivity contribution in [2.75, 3.05) is 13.1 Å². The van der Waals surface area contributed by atoms with Gasteiger partial charge in [-0.25, -0.2) is 4.79 Å². The van der Waals surface area contributed by atoms with E-state index >= 15 is 0 Å². The van der Waals surface area contributed by atoms with E-state index in [-0.39, 0.29) is 24.6 Å². The van der Waals surface area contributed by atoms with Crippen LogP contribution in [0.4, 0.5) is 4.79 Å². The molecule has 0 bridgehead atoms. The van der Waals surface area contributed by atoms with Crippen LogP contribution in [0.15, 0.2) is 53.5 Å². The Morgan fingerprint density at radius 3 is 2.56 bits per heavy atom. The van der Waals surface area contributed by atoms with Crippen LogP contribution < -0.4 is 5.32 Å². The second-order valence-corrected chi connectivity index (χ2v) is 8.91. The predicted molar refractivity (Wildman–Crippen MR) is 126 cm³/mol. The van der Waals surface area contributed by atoms with E-state index in [1.807, 2.05) is 30.3 Å². The quantitative estimate of drug-likeness (QED) is 0.654. The van der Waals surface area contributed by atoms with Crippen LogP contribution in [-0.2, 0) is 11.3 Å². The highest BCUT2D eigenvalue weighted by Crippen LogP contribution is 2.26. The van der Waals surface area contributed by atoms with Crippen molar-refractivity contribution >= 4 is 40.9 Å². The van der Waals surface area contributed by atoms with Crippen molar-refractivity contribution < 1.29 is 14.3 Å². The topological polar surface area (TPSA) is 71.0 Å². The average Bonchev–Trinajstić information content (AvgIpc) is 3.62. The predicted octanol–water partition coefficient (Wildman–Crippen LogP) is 5.13. The summed E-state index contributed by atoms with van der Waals surface area (Å²) >= 11 is 12.2. The van der Waals surface area contributed by atoms with Gasteiger partial charge >= 0.3 is 6.09 Å². The molecular weight excluding hydrogens is 449 g/mol. The fraction of sp³-hybridized carbons (Fsp3) is 0.375. The molecule has 2 aliphatic rings. The summed E-state index contributed by atoms with van der Waals surface area (Å²) in [6, 6.07) is 14.4. The van der Waals surface area contributed by atoms with Gasteiger partial charge in [0.1, 0.15) is 6.61 Å². The molecule has 168 valence electrons. The van der Waals surface area contributed by atoms with Crippen molar-refractivity contribution in [3.05, 3.63) is 69.7 Å². The molecule has 2 aromatic carbocycles. The summed E-state index contributed by atoms with van der Waals surface area (Å²) in [4.78, 5) is 32.0. The minimum atomic E-state index is -0.354. The lowest BCUT2D eigenvalue weighted by Gasteiger charge is -2.20. The Bertz CT molecular complexity index is 1010. The molecule has 1 saturated carbocycles. The summed E-state index contributed by atoms with van der Waals surface area (Å²) in [6.07, 6.45) is 2.93. The van der Waals surface area contributed by atoms with Crippen LogP contribution in [0.25, 0.3) is 0 Å². The highest BCUT2D eigenvalue weighted by atomic mass is 35.5. The standard InChI is InChI=1S/C24H25Cl2N3O3/c25-17-6-9-19(20(26)14-17)23(30)28-22-11-13-29(12-10-21(22)27-18-7-8-18)24(31)32-15-16-4-2-1-3-5-16/h1-6,9,14,18,22H,7-8,10-13,15H2,(H,28,30). The Hall–Kier alpha value is -2.57. The lowest BCUT2D eigenvalue weighted by molar-refractivity contribution is 0.0936. The maximum Gasteiger partial charge on any atom is 0.410 e. The molecule has 1 atom stereocenters. The third-order valence-corrected chi connectivity index (χ3v) is 6.12. The fourth-order valence-electron chi connectivity index (χ4n) is 3.64. The number of amides is 2. The second-order valence-electron chi connectivity index (χ2n) is 8.07. The van der Waals surface area contributed by atoms with Crippen LogP contribution in [0.2, 0.25) is 10.0 Å². The van der Waals surface area contributed by atoms with Gasteiger partial charge in [-0.15, -0.1) is 0 Å². The monoisotopic (exact) mass is 473 g/mol. The first kappa shape index (κ1) is 22.6. The number of carbonyl (C=O) groups excluding carboxylic acids is 2. The number of nitrogens with one attached hydrogen (secondary N) is 1. The number of aliphatic imine (C=N–C) groups is 1. The van der Waals surface area contributed by atoms with Crippen molar-refractivity contribution in [3.63, 3.8) is 0 Å². The number of halogens is 2. The van der Waals surface area contributed by atoms with Crippen LogP contribution in [0.3, 0.4) is 0 Å². The van der Waals surface area contributed by atoms with E-state index in [0.717, 1.165) is 24.1 Å². The molecule has 2 amide bonds. The molecule has 4 rings (SSSR count). The number of likely N-dealkylation sites (tertiary alicyclic amines) is 1. The number of hydrogen-bond acceptors (Lipinski definition) is 4. The number of rotatable bonds is 5. The molecule has 0 spiro atoms. The van der Waals surface area contributed by atoms with E-state index < -0.39 is 0 Å². The first-order chi connectivity index (χ1) is 15.5. The molecule has 2 aromatic rings. The summed E-state index contributed by atoms with van der Waals surface area (Å²) in [5.74, 6) is -0.278. The maximum atomic E-state index is 12.9. The van der Waals surface area contributed by atoms with E-state index in [4.69, 9.17) is 32.9 Å². The van der Waals surface area contributed by atoms with Crippen molar-refractivity contribution in [3.8, 4) is 0 Å². The molecule has 0 aromatic heterocycles. The van der Waals surface area contributed by atoms with Gasteiger partial charge in [0, 0.05) is 30.2 Å². The normalized spacial score (nSPS) is 20.0. The summed E-state index contributed by atoms with van der Waals surface area (Å²) in [6.45, 7) is 1.21. The van der Waals surface area contributed by atoms with Gasteiger partial charge in [-0.2, -0.15) is 0 Å². The first-order valence-electron chi connectivity index (χ1n) is 10.8. The number of nitrogens with zero attached hydrogens (tertiary/aromatic N) is 2. The SMILES string of the molecule is O=C(NC1CCN(C(=O)OCc2ccccc2)CCC1=NC1CC1)c1ccc(Cl)cc1Cl. The van der Waals surface area contributed by atoms with Crippen LogP contribution in [0.5, 0.6) is 0 Å². The van der Waals surface area contributed by atoms with Crippen LogP contribution >= 0.6 is 23.2 Å².